The molecule has 1 heterocycles. The zero-order valence-electron chi connectivity index (χ0n) is 12.0. The third kappa shape index (κ3) is 2.70. The number of anilines is 2. The minimum atomic E-state index is -0.131. The first-order chi connectivity index (χ1) is 10.2. The molecule has 0 unspecified atom stereocenters. The Labute approximate surface area is 123 Å². The highest BCUT2D eigenvalue weighted by Crippen LogP contribution is 2.26. The van der Waals surface area contributed by atoms with Crippen LogP contribution in [0.25, 0.3) is 0 Å². The number of amides is 1. The summed E-state index contributed by atoms with van der Waals surface area (Å²) >= 11 is 0. The van der Waals surface area contributed by atoms with Gasteiger partial charge in [0.2, 0.25) is 0 Å². The monoisotopic (exact) mass is 282 g/mol. The molecule has 1 aliphatic heterocycles. The molecule has 4 heteroatoms. The number of nitrogens with one attached hydrogen (secondary N) is 1. The van der Waals surface area contributed by atoms with E-state index in [1.807, 2.05) is 24.3 Å². The number of ether oxygens (including phenoxy) is 1. The normalized spacial score (nSPS) is 12.6. The fraction of sp³-hybridized carbons (Fsp3) is 0.235. The lowest BCUT2D eigenvalue weighted by Crippen LogP contribution is -2.12. The van der Waals surface area contributed by atoms with Crippen LogP contribution in [0, 0.1) is 0 Å². The number of carbonyl (C=O) groups is 1. The maximum Gasteiger partial charge on any atom is 0.255 e. The Hall–Kier alpha value is -2.49. The van der Waals surface area contributed by atoms with E-state index in [9.17, 15) is 4.79 Å². The number of hydrogen-bond donors (Lipinski definition) is 2. The molecular weight excluding hydrogens is 264 g/mol. The van der Waals surface area contributed by atoms with Gasteiger partial charge in [0.1, 0.15) is 5.75 Å². The fourth-order valence-corrected chi connectivity index (χ4v) is 2.53. The van der Waals surface area contributed by atoms with Gasteiger partial charge in [0.25, 0.3) is 5.91 Å². The number of nitrogen functional groups attached to an aromatic ring is 1. The van der Waals surface area contributed by atoms with E-state index in [-0.39, 0.29) is 5.91 Å². The molecule has 0 saturated carbocycles. The van der Waals surface area contributed by atoms with E-state index in [1.54, 1.807) is 12.1 Å². The van der Waals surface area contributed by atoms with Crippen LogP contribution in [0.5, 0.6) is 5.75 Å². The summed E-state index contributed by atoms with van der Waals surface area (Å²) in [6.07, 6.45) is 1.74. The van der Waals surface area contributed by atoms with Crippen LogP contribution in [-0.2, 0) is 12.8 Å². The van der Waals surface area contributed by atoms with Crippen molar-refractivity contribution in [1.29, 1.82) is 0 Å². The third-order valence-corrected chi connectivity index (χ3v) is 3.74. The van der Waals surface area contributed by atoms with Gasteiger partial charge in [0, 0.05) is 23.4 Å². The Kier molecular flexibility index (Phi) is 3.52. The molecule has 0 spiro atoms. The smallest absolute Gasteiger partial charge is 0.255 e. The Bertz CT molecular complexity index is 695. The fourth-order valence-electron chi connectivity index (χ4n) is 2.53. The van der Waals surface area contributed by atoms with E-state index < -0.39 is 0 Å². The van der Waals surface area contributed by atoms with Crippen molar-refractivity contribution in [2.75, 3.05) is 17.7 Å². The molecule has 21 heavy (non-hydrogen) atoms. The van der Waals surface area contributed by atoms with Crippen LogP contribution < -0.4 is 15.8 Å². The molecule has 0 atom stereocenters. The lowest BCUT2D eigenvalue weighted by atomic mass is 10.1. The number of aryl methyl sites for hydroxylation is 1. The highest BCUT2D eigenvalue weighted by atomic mass is 16.5. The first kappa shape index (κ1) is 13.5. The van der Waals surface area contributed by atoms with Gasteiger partial charge in [0.05, 0.1) is 6.61 Å². The van der Waals surface area contributed by atoms with Crippen molar-refractivity contribution in [3.05, 3.63) is 53.1 Å². The molecule has 3 N–H and O–H groups in total. The lowest BCUT2D eigenvalue weighted by molar-refractivity contribution is 0.102. The Morgan fingerprint density at radius 2 is 2.14 bits per heavy atom. The first-order valence-corrected chi connectivity index (χ1v) is 7.13. The highest BCUT2D eigenvalue weighted by molar-refractivity contribution is 6.04. The van der Waals surface area contributed by atoms with Gasteiger partial charge in [-0.25, -0.2) is 0 Å². The van der Waals surface area contributed by atoms with Gasteiger partial charge in [-0.15, -0.1) is 0 Å². The molecule has 0 radical (unpaired) electrons. The molecule has 2 aromatic carbocycles. The average molecular weight is 282 g/mol. The van der Waals surface area contributed by atoms with Gasteiger partial charge in [-0.1, -0.05) is 13.0 Å². The van der Waals surface area contributed by atoms with Crippen LogP contribution in [-0.4, -0.2) is 12.5 Å². The summed E-state index contributed by atoms with van der Waals surface area (Å²) in [6.45, 7) is 2.74. The summed E-state index contributed by atoms with van der Waals surface area (Å²) in [5, 5.41) is 2.88. The molecule has 1 aliphatic rings. The summed E-state index contributed by atoms with van der Waals surface area (Å²) in [5.41, 5.74) is 10.2. The van der Waals surface area contributed by atoms with Crippen LogP contribution >= 0.6 is 0 Å². The largest absolute Gasteiger partial charge is 0.493 e. The number of nitrogens with two attached hydrogens (primary N) is 1. The zero-order valence-corrected chi connectivity index (χ0v) is 12.0. The Balaban J connectivity index is 1.78. The average Bonchev–Trinajstić information content (AvgIpc) is 2.94. The van der Waals surface area contributed by atoms with E-state index in [0.717, 1.165) is 29.7 Å². The van der Waals surface area contributed by atoms with Gasteiger partial charge >= 0.3 is 0 Å². The van der Waals surface area contributed by atoms with Crippen LogP contribution in [0.4, 0.5) is 11.4 Å². The second kappa shape index (κ2) is 5.48. The number of benzene rings is 2. The van der Waals surface area contributed by atoms with E-state index in [4.69, 9.17) is 10.5 Å². The Morgan fingerprint density at radius 3 is 2.90 bits per heavy atom. The molecule has 3 rings (SSSR count). The predicted octanol–water partition coefficient (Wildman–Crippen LogP) is 3.02. The Morgan fingerprint density at radius 1 is 1.29 bits per heavy atom. The van der Waals surface area contributed by atoms with Crippen molar-refractivity contribution in [3.63, 3.8) is 0 Å². The van der Waals surface area contributed by atoms with Crippen LogP contribution in [0.1, 0.15) is 28.4 Å². The van der Waals surface area contributed by atoms with Crippen molar-refractivity contribution in [1.82, 2.24) is 0 Å². The summed E-state index contributed by atoms with van der Waals surface area (Å²) in [5.74, 6) is 0.747. The first-order valence-electron chi connectivity index (χ1n) is 7.13. The molecular formula is C17H18N2O2. The molecule has 0 aliphatic carbocycles. The SMILES string of the molecule is CCc1ccc(NC(=O)c2ccc3c(c2)CCO3)cc1N. The van der Waals surface area contributed by atoms with Crippen molar-refractivity contribution in [2.24, 2.45) is 0 Å². The molecule has 0 saturated heterocycles. The van der Waals surface area contributed by atoms with Crippen LogP contribution in [0.3, 0.4) is 0 Å². The molecule has 0 aromatic heterocycles. The zero-order chi connectivity index (χ0) is 14.8. The maximum absolute atomic E-state index is 12.3. The lowest BCUT2D eigenvalue weighted by Gasteiger charge is -2.09. The van der Waals surface area contributed by atoms with Gasteiger partial charge < -0.3 is 15.8 Å². The number of rotatable bonds is 3. The van der Waals surface area contributed by atoms with Gasteiger partial charge in [-0.2, -0.15) is 0 Å². The van der Waals surface area contributed by atoms with Crippen molar-refractivity contribution in [3.8, 4) is 5.75 Å². The van der Waals surface area contributed by atoms with E-state index in [2.05, 4.69) is 12.2 Å². The number of carbonyl (C=O) groups excluding carboxylic acids is 1. The maximum atomic E-state index is 12.3. The van der Waals surface area contributed by atoms with E-state index in [0.29, 0.717) is 23.5 Å². The molecule has 0 bridgehead atoms. The molecule has 4 nitrogen and oxygen atoms in total. The van der Waals surface area contributed by atoms with E-state index in [1.165, 1.54) is 0 Å². The van der Waals surface area contributed by atoms with Crippen molar-refractivity contribution >= 4 is 17.3 Å². The minimum Gasteiger partial charge on any atom is -0.493 e. The van der Waals surface area contributed by atoms with Crippen molar-refractivity contribution in [2.45, 2.75) is 19.8 Å². The summed E-state index contributed by atoms with van der Waals surface area (Å²) in [6, 6.07) is 11.1. The van der Waals surface area contributed by atoms with Gasteiger partial charge in [-0.05, 0) is 47.9 Å². The summed E-state index contributed by atoms with van der Waals surface area (Å²) < 4.78 is 5.44. The van der Waals surface area contributed by atoms with Gasteiger partial charge in [0.15, 0.2) is 0 Å². The standard InChI is InChI=1S/C17H18N2O2/c1-2-11-3-5-14(10-15(11)18)19-17(20)13-4-6-16-12(9-13)7-8-21-16/h3-6,9-10H,2,7-8,18H2,1H3,(H,19,20). The number of hydrogen-bond acceptors (Lipinski definition) is 3. The minimum absolute atomic E-state index is 0.131. The molecule has 0 fully saturated rings. The van der Waals surface area contributed by atoms with Crippen molar-refractivity contribution < 1.29 is 9.53 Å². The topological polar surface area (TPSA) is 64.3 Å². The predicted molar refractivity (Wildman–Crippen MR) is 83.8 cm³/mol. The van der Waals surface area contributed by atoms with Crippen LogP contribution in [0.2, 0.25) is 0 Å². The highest BCUT2D eigenvalue weighted by Gasteiger charge is 2.15. The van der Waals surface area contributed by atoms with E-state index >= 15 is 0 Å². The molecule has 2 aromatic rings. The second-order valence-corrected chi connectivity index (χ2v) is 5.14. The molecule has 1 amide bonds. The summed E-state index contributed by atoms with van der Waals surface area (Å²) in [7, 11) is 0. The van der Waals surface area contributed by atoms with Gasteiger partial charge in [-0.3, -0.25) is 4.79 Å². The third-order valence-electron chi connectivity index (χ3n) is 3.74. The quantitative estimate of drug-likeness (QED) is 0.850. The number of fused-ring (bicyclic) bond motifs is 1. The van der Waals surface area contributed by atoms with Crippen LogP contribution in [0.15, 0.2) is 36.4 Å². The second-order valence-electron chi connectivity index (χ2n) is 5.14. The summed E-state index contributed by atoms with van der Waals surface area (Å²) in [4.78, 5) is 12.3. The molecule has 108 valence electrons.